The fourth-order valence-corrected chi connectivity index (χ4v) is 1.33. The van der Waals surface area contributed by atoms with Crippen molar-refractivity contribution in [1.29, 1.82) is 0 Å². The summed E-state index contributed by atoms with van der Waals surface area (Å²) < 4.78 is 0.852. The van der Waals surface area contributed by atoms with E-state index in [1.165, 1.54) is 0 Å². The van der Waals surface area contributed by atoms with Gasteiger partial charge in [0.1, 0.15) is 4.60 Å². The summed E-state index contributed by atoms with van der Waals surface area (Å²) in [7, 11) is 0. The van der Waals surface area contributed by atoms with Gasteiger partial charge in [0.05, 0.1) is 6.10 Å². The number of aromatic nitrogens is 1. The first kappa shape index (κ1) is 9.68. The van der Waals surface area contributed by atoms with Crippen molar-refractivity contribution in [2.75, 3.05) is 0 Å². The van der Waals surface area contributed by atoms with E-state index in [2.05, 4.69) is 20.9 Å². The molecule has 0 aliphatic heterocycles. The Hall–Kier alpha value is -0.410. The summed E-state index contributed by atoms with van der Waals surface area (Å²) in [6.07, 6.45) is 1.35. The Morgan fingerprint density at radius 2 is 2.33 bits per heavy atom. The number of nitrogens with zero attached hydrogens (tertiary/aromatic N) is 1. The molecule has 0 radical (unpaired) electrons. The van der Waals surface area contributed by atoms with Gasteiger partial charge >= 0.3 is 0 Å². The van der Waals surface area contributed by atoms with E-state index in [9.17, 15) is 0 Å². The molecule has 0 fully saturated rings. The number of hydrogen-bond donors (Lipinski definition) is 1. The van der Waals surface area contributed by atoms with Gasteiger partial charge in [-0.3, -0.25) is 0 Å². The lowest BCUT2D eigenvalue weighted by Crippen LogP contribution is -2.02. The van der Waals surface area contributed by atoms with Crippen LogP contribution < -0.4 is 0 Å². The van der Waals surface area contributed by atoms with Crippen LogP contribution in [0.1, 0.15) is 19.0 Å². The molecule has 3 heteroatoms. The van der Waals surface area contributed by atoms with E-state index in [1.54, 1.807) is 6.92 Å². The zero-order valence-electron chi connectivity index (χ0n) is 7.00. The zero-order chi connectivity index (χ0) is 8.97. The van der Waals surface area contributed by atoms with Crippen molar-refractivity contribution >= 4 is 15.9 Å². The molecule has 0 saturated heterocycles. The molecule has 12 heavy (non-hydrogen) atoms. The van der Waals surface area contributed by atoms with Crippen molar-refractivity contribution in [1.82, 2.24) is 4.98 Å². The maximum absolute atomic E-state index is 9.04. The molecule has 1 N–H and O–H groups in total. The van der Waals surface area contributed by atoms with Gasteiger partial charge in [-0.2, -0.15) is 0 Å². The smallest absolute Gasteiger partial charge is 0.106 e. The van der Waals surface area contributed by atoms with Crippen molar-refractivity contribution in [3.8, 4) is 0 Å². The van der Waals surface area contributed by atoms with Gasteiger partial charge in [-0.25, -0.2) is 4.98 Å². The third-order valence-corrected chi connectivity index (χ3v) is 2.03. The highest BCUT2D eigenvalue weighted by Gasteiger charge is 1.98. The lowest BCUT2D eigenvalue weighted by Gasteiger charge is -2.03. The second kappa shape index (κ2) is 4.58. The highest BCUT2D eigenvalue weighted by molar-refractivity contribution is 9.10. The summed E-state index contributed by atoms with van der Waals surface area (Å²) in [6, 6.07) is 5.81. The molecule has 1 atom stereocenters. The normalized spacial score (nSPS) is 12.9. The standard InChI is InChI=1S/C9H12BrNO/c1-7(12)5-6-8-3-2-4-9(10)11-8/h2-4,7,12H,5-6H2,1H3/t7-/m1/s1. The average Bonchev–Trinajstić information content (AvgIpc) is 2.01. The van der Waals surface area contributed by atoms with Crippen molar-refractivity contribution < 1.29 is 5.11 Å². The minimum absolute atomic E-state index is 0.245. The predicted molar refractivity (Wildman–Crippen MR) is 51.9 cm³/mol. The Balaban J connectivity index is 2.52. The first-order valence-electron chi connectivity index (χ1n) is 3.98. The predicted octanol–water partition coefficient (Wildman–Crippen LogP) is 2.16. The molecule has 0 saturated carbocycles. The first-order valence-corrected chi connectivity index (χ1v) is 4.77. The number of halogens is 1. The maximum atomic E-state index is 9.04. The monoisotopic (exact) mass is 229 g/mol. The number of hydrogen-bond acceptors (Lipinski definition) is 2. The zero-order valence-corrected chi connectivity index (χ0v) is 8.58. The van der Waals surface area contributed by atoms with Crippen LogP contribution >= 0.6 is 15.9 Å². The van der Waals surface area contributed by atoms with E-state index in [-0.39, 0.29) is 6.10 Å². The number of aliphatic hydroxyl groups is 1. The number of aliphatic hydroxyl groups excluding tert-OH is 1. The SMILES string of the molecule is C[C@@H](O)CCc1cccc(Br)n1. The van der Waals surface area contributed by atoms with Crippen LogP contribution in [0.3, 0.4) is 0 Å². The summed E-state index contributed by atoms with van der Waals surface area (Å²) in [5, 5.41) is 9.04. The highest BCUT2D eigenvalue weighted by Crippen LogP contribution is 2.08. The molecule has 1 aromatic rings. The number of pyridine rings is 1. The van der Waals surface area contributed by atoms with E-state index in [1.807, 2.05) is 18.2 Å². The fourth-order valence-electron chi connectivity index (χ4n) is 0.946. The van der Waals surface area contributed by atoms with Crippen LogP contribution in [0.4, 0.5) is 0 Å². The summed E-state index contributed by atoms with van der Waals surface area (Å²) >= 11 is 3.30. The molecule has 1 heterocycles. The van der Waals surface area contributed by atoms with Gasteiger partial charge in [-0.15, -0.1) is 0 Å². The van der Waals surface area contributed by atoms with Crippen molar-refractivity contribution in [3.05, 3.63) is 28.5 Å². The second-order valence-corrected chi connectivity index (χ2v) is 3.65. The molecule has 0 aliphatic rings. The average molecular weight is 230 g/mol. The Bertz CT molecular complexity index is 250. The van der Waals surface area contributed by atoms with Crippen molar-refractivity contribution in [3.63, 3.8) is 0 Å². The lowest BCUT2D eigenvalue weighted by atomic mass is 10.1. The van der Waals surface area contributed by atoms with Gasteiger partial charge in [0.2, 0.25) is 0 Å². The minimum Gasteiger partial charge on any atom is -0.393 e. The van der Waals surface area contributed by atoms with Crippen molar-refractivity contribution in [2.24, 2.45) is 0 Å². The number of rotatable bonds is 3. The molecule has 0 aliphatic carbocycles. The Morgan fingerprint density at radius 3 is 2.92 bits per heavy atom. The molecule has 0 amide bonds. The second-order valence-electron chi connectivity index (χ2n) is 2.84. The number of aryl methyl sites for hydroxylation is 1. The molecule has 2 nitrogen and oxygen atoms in total. The molecule has 0 aromatic carbocycles. The lowest BCUT2D eigenvalue weighted by molar-refractivity contribution is 0.184. The molecular formula is C9H12BrNO. The van der Waals surface area contributed by atoms with Crippen LogP contribution in [0.25, 0.3) is 0 Å². The third-order valence-electron chi connectivity index (χ3n) is 1.59. The maximum Gasteiger partial charge on any atom is 0.106 e. The van der Waals surface area contributed by atoms with Crippen LogP contribution in [0, 0.1) is 0 Å². The molecule has 1 aromatic heterocycles. The topological polar surface area (TPSA) is 33.1 Å². The minimum atomic E-state index is -0.245. The third kappa shape index (κ3) is 3.32. The molecule has 1 rings (SSSR count). The molecule has 0 unspecified atom stereocenters. The van der Waals surface area contributed by atoms with Crippen LogP contribution in [-0.4, -0.2) is 16.2 Å². The Kier molecular flexibility index (Phi) is 3.69. The van der Waals surface area contributed by atoms with Gasteiger partial charge in [0.15, 0.2) is 0 Å². The van der Waals surface area contributed by atoms with Crippen LogP contribution in [-0.2, 0) is 6.42 Å². The van der Waals surface area contributed by atoms with E-state index in [4.69, 9.17) is 5.11 Å². The van der Waals surface area contributed by atoms with Gasteiger partial charge in [0.25, 0.3) is 0 Å². The van der Waals surface area contributed by atoms with Gasteiger partial charge in [-0.1, -0.05) is 6.07 Å². The molecule has 0 spiro atoms. The van der Waals surface area contributed by atoms with Gasteiger partial charge in [0, 0.05) is 5.69 Å². The van der Waals surface area contributed by atoms with Crippen LogP contribution in [0.5, 0.6) is 0 Å². The first-order chi connectivity index (χ1) is 5.68. The fraction of sp³-hybridized carbons (Fsp3) is 0.444. The summed E-state index contributed by atoms with van der Waals surface area (Å²) in [5.74, 6) is 0. The summed E-state index contributed by atoms with van der Waals surface area (Å²) in [4.78, 5) is 4.25. The summed E-state index contributed by atoms with van der Waals surface area (Å²) in [5.41, 5.74) is 1.02. The van der Waals surface area contributed by atoms with Crippen LogP contribution in [0.15, 0.2) is 22.8 Å². The highest BCUT2D eigenvalue weighted by atomic mass is 79.9. The van der Waals surface area contributed by atoms with E-state index < -0.39 is 0 Å². The van der Waals surface area contributed by atoms with Gasteiger partial charge in [-0.05, 0) is 47.8 Å². The van der Waals surface area contributed by atoms with Crippen LogP contribution in [0.2, 0.25) is 0 Å². The van der Waals surface area contributed by atoms with E-state index in [0.29, 0.717) is 0 Å². The Morgan fingerprint density at radius 1 is 1.58 bits per heavy atom. The van der Waals surface area contributed by atoms with Gasteiger partial charge < -0.3 is 5.11 Å². The molecular weight excluding hydrogens is 218 g/mol. The van der Waals surface area contributed by atoms with Crippen molar-refractivity contribution in [2.45, 2.75) is 25.9 Å². The molecule has 66 valence electrons. The Labute approximate surface area is 80.8 Å². The van der Waals surface area contributed by atoms with E-state index in [0.717, 1.165) is 23.1 Å². The molecule has 0 bridgehead atoms. The van der Waals surface area contributed by atoms with E-state index >= 15 is 0 Å². The quantitative estimate of drug-likeness (QED) is 0.807. The largest absolute Gasteiger partial charge is 0.393 e. The summed E-state index contributed by atoms with van der Waals surface area (Å²) in [6.45, 7) is 1.79.